The van der Waals surface area contributed by atoms with Gasteiger partial charge >= 0.3 is 0 Å². The Kier molecular flexibility index (Phi) is 4.87. The second-order valence-electron chi connectivity index (χ2n) is 6.73. The van der Waals surface area contributed by atoms with Crippen molar-refractivity contribution in [2.75, 3.05) is 19.6 Å². The van der Waals surface area contributed by atoms with Crippen molar-refractivity contribution in [3.05, 3.63) is 36.0 Å². The van der Waals surface area contributed by atoms with Gasteiger partial charge in [0.05, 0.1) is 0 Å². The molecule has 2 aromatic rings. The van der Waals surface area contributed by atoms with Crippen molar-refractivity contribution in [3.8, 4) is 0 Å². The summed E-state index contributed by atoms with van der Waals surface area (Å²) < 4.78 is 6.92. The number of carbonyl (C=O) groups excluding carboxylic acids is 2. The quantitative estimate of drug-likeness (QED) is 0.814. The first-order chi connectivity index (χ1) is 12.0. The van der Waals surface area contributed by atoms with Gasteiger partial charge in [-0.25, -0.2) is 0 Å². The van der Waals surface area contributed by atoms with E-state index in [0.717, 1.165) is 0 Å². The van der Waals surface area contributed by atoms with E-state index in [-0.39, 0.29) is 17.5 Å². The fraction of sp³-hybridized carbons (Fsp3) is 0.529. The zero-order chi connectivity index (χ0) is 18.0. The van der Waals surface area contributed by atoms with Gasteiger partial charge in [0.25, 0.3) is 5.91 Å². The predicted molar refractivity (Wildman–Crippen MR) is 89.7 cm³/mol. The number of amides is 2. The van der Waals surface area contributed by atoms with Gasteiger partial charge in [-0.3, -0.25) is 14.3 Å². The molecule has 25 heavy (non-hydrogen) atoms. The molecule has 1 unspecified atom stereocenters. The van der Waals surface area contributed by atoms with E-state index < -0.39 is 6.04 Å². The van der Waals surface area contributed by atoms with Gasteiger partial charge in [0.1, 0.15) is 12.6 Å². The van der Waals surface area contributed by atoms with Crippen molar-refractivity contribution in [2.24, 2.45) is 5.92 Å². The molecule has 1 aliphatic rings. The number of carbonyl (C=O) groups is 2. The molecule has 2 amide bonds. The predicted octanol–water partition coefficient (Wildman–Crippen LogP) is 1.25. The maximum absolute atomic E-state index is 12.7. The molecule has 3 rings (SSSR count). The molecule has 134 valence electrons. The van der Waals surface area contributed by atoms with Gasteiger partial charge in [0.15, 0.2) is 11.5 Å². The van der Waals surface area contributed by atoms with Crippen LogP contribution in [-0.2, 0) is 11.3 Å². The van der Waals surface area contributed by atoms with Crippen LogP contribution in [0.25, 0.3) is 0 Å². The summed E-state index contributed by atoms with van der Waals surface area (Å²) in [7, 11) is 0. The number of rotatable bonds is 5. The Labute approximate surface area is 146 Å². The van der Waals surface area contributed by atoms with E-state index >= 15 is 0 Å². The van der Waals surface area contributed by atoms with Gasteiger partial charge in [0.2, 0.25) is 5.91 Å². The van der Waals surface area contributed by atoms with Crippen molar-refractivity contribution >= 4 is 11.8 Å². The fourth-order valence-corrected chi connectivity index (χ4v) is 3.02. The first-order valence-electron chi connectivity index (χ1n) is 8.48. The Bertz CT molecular complexity index is 737. The SMILES string of the molecule is CC(C)CN1CCN(C(=O)c2cc(Cn3cccn3)on2)C(C)C1=O. The second-order valence-corrected chi connectivity index (χ2v) is 6.73. The van der Waals surface area contributed by atoms with Crippen molar-refractivity contribution in [1.82, 2.24) is 24.7 Å². The lowest BCUT2D eigenvalue weighted by Crippen LogP contribution is -2.58. The van der Waals surface area contributed by atoms with E-state index in [2.05, 4.69) is 24.1 Å². The minimum atomic E-state index is -0.494. The zero-order valence-electron chi connectivity index (χ0n) is 14.8. The van der Waals surface area contributed by atoms with Gasteiger partial charge in [-0.05, 0) is 18.9 Å². The summed E-state index contributed by atoms with van der Waals surface area (Å²) in [4.78, 5) is 28.6. The molecule has 0 spiro atoms. The van der Waals surface area contributed by atoms with Crippen LogP contribution in [-0.4, -0.2) is 62.2 Å². The lowest BCUT2D eigenvalue weighted by atomic mass is 10.1. The highest BCUT2D eigenvalue weighted by Gasteiger charge is 2.35. The summed E-state index contributed by atoms with van der Waals surface area (Å²) in [6.07, 6.45) is 3.48. The van der Waals surface area contributed by atoms with Gasteiger partial charge in [-0.2, -0.15) is 5.10 Å². The summed E-state index contributed by atoms with van der Waals surface area (Å²) in [5, 5.41) is 7.96. The van der Waals surface area contributed by atoms with Crippen LogP contribution in [0.3, 0.4) is 0 Å². The molecular weight excluding hydrogens is 322 g/mol. The first kappa shape index (κ1) is 17.2. The van der Waals surface area contributed by atoms with Gasteiger partial charge in [-0.1, -0.05) is 19.0 Å². The van der Waals surface area contributed by atoms with Crippen LogP contribution in [0.2, 0.25) is 0 Å². The summed E-state index contributed by atoms with van der Waals surface area (Å²) >= 11 is 0. The molecule has 0 aromatic carbocycles. The average molecular weight is 345 g/mol. The smallest absolute Gasteiger partial charge is 0.276 e. The summed E-state index contributed by atoms with van der Waals surface area (Å²) in [5.74, 6) is 0.650. The van der Waals surface area contributed by atoms with Crippen LogP contribution in [0.15, 0.2) is 29.0 Å². The van der Waals surface area contributed by atoms with Crippen molar-refractivity contribution < 1.29 is 14.1 Å². The van der Waals surface area contributed by atoms with Crippen LogP contribution in [0.5, 0.6) is 0 Å². The molecule has 0 saturated carbocycles. The highest BCUT2D eigenvalue weighted by Crippen LogP contribution is 2.17. The lowest BCUT2D eigenvalue weighted by Gasteiger charge is -2.39. The molecule has 0 N–H and O–H groups in total. The highest BCUT2D eigenvalue weighted by molar-refractivity contribution is 5.96. The number of nitrogens with zero attached hydrogens (tertiary/aromatic N) is 5. The van der Waals surface area contributed by atoms with Crippen LogP contribution < -0.4 is 0 Å². The van der Waals surface area contributed by atoms with E-state index in [0.29, 0.717) is 37.9 Å². The number of hydrogen-bond acceptors (Lipinski definition) is 5. The molecule has 2 aromatic heterocycles. The molecule has 1 aliphatic heterocycles. The molecule has 1 saturated heterocycles. The van der Waals surface area contributed by atoms with E-state index in [1.165, 1.54) is 0 Å². The first-order valence-corrected chi connectivity index (χ1v) is 8.48. The molecule has 0 aliphatic carbocycles. The van der Waals surface area contributed by atoms with Gasteiger partial charge in [0, 0.05) is 38.1 Å². The maximum atomic E-state index is 12.7. The lowest BCUT2D eigenvalue weighted by molar-refractivity contribution is -0.140. The van der Waals surface area contributed by atoms with E-state index in [1.54, 1.807) is 35.0 Å². The molecule has 8 nitrogen and oxygen atoms in total. The van der Waals surface area contributed by atoms with Crippen LogP contribution in [0.1, 0.15) is 37.0 Å². The van der Waals surface area contributed by atoms with Crippen LogP contribution >= 0.6 is 0 Å². The van der Waals surface area contributed by atoms with Crippen molar-refractivity contribution in [3.63, 3.8) is 0 Å². The summed E-state index contributed by atoms with van der Waals surface area (Å²) in [6.45, 7) is 8.08. The molecule has 1 atom stereocenters. The van der Waals surface area contributed by atoms with Gasteiger partial charge < -0.3 is 14.3 Å². The van der Waals surface area contributed by atoms with Crippen molar-refractivity contribution in [2.45, 2.75) is 33.4 Å². The topological polar surface area (TPSA) is 84.5 Å². The summed E-state index contributed by atoms with van der Waals surface area (Å²) in [5.41, 5.74) is 0.221. The Balaban J connectivity index is 1.67. The van der Waals surface area contributed by atoms with E-state index in [4.69, 9.17) is 4.52 Å². The normalized spacial score (nSPS) is 18.2. The largest absolute Gasteiger partial charge is 0.359 e. The molecule has 8 heteroatoms. The fourth-order valence-electron chi connectivity index (χ4n) is 3.02. The monoisotopic (exact) mass is 345 g/mol. The Morgan fingerprint density at radius 2 is 2.20 bits per heavy atom. The Morgan fingerprint density at radius 3 is 2.88 bits per heavy atom. The molecular formula is C17H23N5O3. The number of aromatic nitrogens is 3. The molecule has 0 bridgehead atoms. The van der Waals surface area contributed by atoms with E-state index in [1.807, 2.05) is 11.0 Å². The second kappa shape index (κ2) is 7.08. The maximum Gasteiger partial charge on any atom is 0.276 e. The van der Waals surface area contributed by atoms with Crippen LogP contribution in [0, 0.1) is 5.92 Å². The third-order valence-electron chi connectivity index (χ3n) is 4.25. The highest BCUT2D eigenvalue weighted by atomic mass is 16.5. The Hall–Kier alpha value is -2.64. The Morgan fingerprint density at radius 1 is 1.40 bits per heavy atom. The minimum Gasteiger partial charge on any atom is -0.359 e. The van der Waals surface area contributed by atoms with Crippen LogP contribution in [0.4, 0.5) is 0 Å². The third kappa shape index (κ3) is 3.72. The minimum absolute atomic E-state index is 0.0199. The zero-order valence-corrected chi connectivity index (χ0v) is 14.8. The summed E-state index contributed by atoms with van der Waals surface area (Å²) in [6, 6.07) is 2.93. The molecule has 1 fully saturated rings. The number of hydrogen-bond donors (Lipinski definition) is 0. The third-order valence-corrected chi connectivity index (χ3v) is 4.25. The van der Waals surface area contributed by atoms with E-state index in [9.17, 15) is 9.59 Å². The van der Waals surface area contributed by atoms with Gasteiger partial charge in [-0.15, -0.1) is 0 Å². The van der Waals surface area contributed by atoms with Crippen molar-refractivity contribution in [1.29, 1.82) is 0 Å². The standard InChI is InChI=1S/C17H23N5O3/c1-12(2)10-20-7-8-22(13(3)16(20)23)17(24)15-9-14(25-19-15)11-21-6-4-5-18-21/h4-6,9,12-13H,7-8,10-11H2,1-3H3. The molecule has 3 heterocycles. The average Bonchev–Trinajstić information content (AvgIpc) is 3.23. The molecule has 0 radical (unpaired) electrons. The number of piperazine rings is 1.